The fraction of sp³-hybridized carbons (Fsp3) is 0.113. The van der Waals surface area contributed by atoms with Crippen molar-refractivity contribution in [3.8, 4) is 22.3 Å². The van der Waals surface area contributed by atoms with Gasteiger partial charge < -0.3 is 13.3 Å². The molecule has 1 aliphatic heterocycles. The van der Waals surface area contributed by atoms with Crippen LogP contribution in [0.5, 0.6) is 0 Å². The lowest BCUT2D eigenvalue weighted by atomic mass is 9.77. The molecule has 0 saturated heterocycles. The summed E-state index contributed by atoms with van der Waals surface area (Å²) in [7, 11) is 0. The highest BCUT2D eigenvalue weighted by molar-refractivity contribution is 6.22. The summed E-state index contributed by atoms with van der Waals surface area (Å²) in [6, 6.07) is 67.2. The summed E-state index contributed by atoms with van der Waals surface area (Å²) in [5.41, 5.74) is 17.3. The predicted octanol–water partition coefficient (Wildman–Crippen LogP) is 17.7. The first kappa shape index (κ1) is 38.5. The minimum Gasteiger partial charge on any atom is -0.456 e. The van der Waals surface area contributed by atoms with E-state index >= 15 is 0 Å². The molecular formula is C62H45NO3. The van der Waals surface area contributed by atoms with Crippen LogP contribution in [0.15, 0.2) is 212 Å². The first-order valence-electron chi connectivity index (χ1n) is 23.2. The van der Waals surface area contributed by atoms with Crippen LogP contribution in [0.1, 0.15) is 55.8 Å². The molecule has 0 spiro atoms. The van der Waals surface area contributed by atoms with E-state index in [4.69, 9.17) is 18.2 Å². The second-order valence-corrected chi connectivity index (χ2v) is 17.9. The zero-order valence-electron chi connectivity index (χ0n) is 36.8. The lowest BCUT2D eigenvalue weighted by Gasteiger charge is -2.31. The average molecular weight is 852 g/mol. The largest absolute Gasteiger partial charge is 0.456 e. The van der Waals surface area contributed by atoms with Gasteiger partial charge in [-0.15, -0.1) is 0 Å². The Morgan fingerprint density at radius 1 is 0.455 bits per heavy atom. The number of hydrogen-bond donors (Lipinski definition) is 0. The van der Waals surface area contributed by atoms with Crippen molar-refractivity contribution in [1.82, 2.24) is 0 Å². The van der Waals surface area contributed by atoms with E-state index in [1.165, 1.54) is 33.0 Å². The minimum atomic E-state index is -0.131. The maximum absolute atomic E-state index is 6.96. The molecule has 0 radical (unpaired) electrons. The van der Waals surface area contributed by atoms with E-state index in [0.29, 0.717) is 0 Å². The van der Waals surface area contributed by atoms with Crippen LogP contribution >= 0.6 is 0 Å². The number of hydrogen-bond acceptors (Lipinski definition) is 4. The molecule has 2 atom stereocenters. The van der Waals surface area contributed by atoms with Gasteiger partial charge in [-0.25, -0.2) is 0 Å². The number of aliphatic imine (C=N–C) groups is 1. The Morgan fingerprint density at radius 2 is 1.08 bits per heavy atom. The Balaban J connectivity index is 1.04. The third-order valence-corrected chi connectivity index (χ3v) is 14.2. The van der Waals surface area contributed by atoms with Crippen LogP contribution in [0.25, 0.3) is 104 Å². The van der Waals surface area contributed by atoms with Crippen molar-refractivity contribution < 1.29 is 13.3 Å². The van der Waals surface area contributed by atoms with Crippen molar-refractivity contribution in [3.05, 3.63) is 210 Å². The third-order valence-electron chi connectivity index (χ3n) is 14.2. The summed E-state index contributed by atoms with van der Waals surface area (Å²) in [5, 5.41) is 9.02. The summed E-state index contributed by atoms with van der Waals surface area (Å²) in [4.78, 5) is 5.98. The zero-order chi connectivity index (χ0) is 43.9. The first-order valence-corrected chi connectivity index (χ1v) is 23.2. The maximum atomic E-state index is 6.96. The number of rotatable bonds is 6. The number of furan rings is 3. The average Bonchev–Trinajstić information content (AvgIpc) is 4.07. The Morgan fingerprint density at radius 3 is 1.88 bits per heavy atom. The molecule has 13 rings (SSSR count). The summed E-state index contributed by atoms with van der Waals surface area (Å²) < 4.78 is 19.7. The smallest absolute Gasteiger partial charge is 0.143 e. The van der Waals surface area contributed by atoms with Gasteiger partial charge in [-0.05, 0) is 131 Å². The molecule has 4 heteroatoms. The topological polar surface area (TPSA) is 51.8 Å². The fourth-order valence-corrected chi connectivity index (χ4v) is 11.2. The van der Waals surface area contributed by atoms with Gasteiger partial charge in [0.15, 0.2) is 0 Å². The van der Waals surface area contributed by atoms with Crippen LogP contribution in [0.2, 0.25) is 0 Å². The summed E-state index contributed by atoms with van der Waals surface area (Å²) in [6.07, 6.45) is 2.67. The zero-order valence-corrected chi connectivity index (χ0v) is 36.8. The van der Waals surface area contributed by atoms with Crippen LogP contribution in [0.4, 0.5) is 0 Å². The monoisotopic (exact) mass is 851 g/mol. The standard InChI is InChI=1S/C62H45NO3/c1-3-42-58(38-16-5-4-6-17-38)37(2)28-32-52(63-61(42)40-29-33-56-51(35-40)44-20-9-12-24-53(44)64-56)41-34-39-18-7-8-19-43(39)50(36-41)46-30-31-47(62-60(46)49-22-11-14-26-55(49)66-62)45-23-15-27-57-59(45)48-21-10-13-25-54(48)65-57/h4-27,29-31,33-36,42,61H,3,28,32H2,1-2H3/b58-37+,63-52+. The van der Waals surface area contributed by atoms with Gasteiger partial charge >= 0.3 is 0 Å². The Labute approximate surface area is 382 Å². The van der Waals surface area contributed by atoms with Crippen LogP contribution < -0.4 is 0 Å². The van der Waals surface area contributed by atoms with Crippen LogP contribution in [0.3, 0.4) is 0 Å². The van der Waals surface area contributed by atoms with Gasteiger partial charge in [-0.1, -0.05) is 146 Å². The normalized spacial score (nSPS) is 17.9. The molecule has 1 aliphatic rings. The molecule has 4 nitrogen and oxygen atoms in total. The van der Waals surface area contributed by atoms with Crippen molar-refractivity contribution in [1.29, 1.82) is 0 Å². The molecule has 0 aliphatic carbocycles. The quantitative estimate of drug-likeness (QED) is 0.167. The van der Waals surface area contributed by atoms with Gasteiger partial charge in [-0.3, -0.25) is 4.99 Å². The lowest BCUT2D eigenvalue weighted by molar-refractivity contribution is 0.517. The molecule has 316 valence electrons. The molecule has 3 aromatic heterocycles. The van der Waals surface area contributed by atoms with E-state index in [9.17, 15) is 0 Å². The van der Waals surface area contributed by atoms with Crippen molar-refractivity contribution in [2.24, 2.45) is 10.9 Å². The highest BCUT2D eigenvalue weighted by Crippen LogP contribution is 2.48. The third kappa shape index (κ3) is 6.09. The molecule has 0 fully saturated rings. The van der Waals surface area contributed by atoms with Crippen molar-refractivity contribution in [2.75, 3.05) is 0 Å². The molecular weight excluding hydrogens is 807 g/mol. The predicted molar refractivity (Wildman–Crippen MR) is 274 cm³/mol. The van der Waals surface area contributed by atoms with Gasteiger partial charge in [0.05, 0.1) is 6.04 Å². The van der Waals surface area contributed by atoms with Gasteiger partial charge in [0, 0.05) is 49.5 Å². The van der Waals surface area contributed by atoms with Gasteiger partial charge in [0.25, 0.3) is 0 Å². The molecule has 4 heterocycles. The van der Waals surface area contributed by atoms with Crippen molar-refractivity contribution >= 4 is 87.9 Å². The Bertz CT molecular complexity index is 3950. The van der Waals surface area contributed by atoms with Gasteiger partial charge in [0.1, 0.15) is 33.5 Å². The van der Waals surface area contributed by atoms with Crippen LogP contribution in [0, 0.1) is 5.92 Å². The molecule has 66 heavy (non-hydrogen) atoms. The molecule has 12 aromatic rings. The summed E-state index contributed by atoms with van der Waals surface area (Å²) in [5.74, 6) is 0.152. The van der Waals surface area contributed by atoms with E-state index in [0.717, 1.165) is 119 Å². The molecule has 0 amide bonds. The van der Waals surface area contributed by atoms with Crippen molar-refractivity contribution in [3.63, 3.8) is 0 Å². The number of nitrogens with zero attached hydrogens (tertiary/aromatic N) is 1. The van der Waals surface area contributed by atoms with E-state index in [1.807, 2.05) is 18.2 Å². The number of fused-ring (bicyclic) bond motifs is 10. The van der Waals surface area contributed by atoms with Gasteiger partial charge in [-0.2, -0.15) is 0 Å². The molecule has 9 aromatic carbocycles. The van der Waals surface area contributed by atoms with E-state index in [1.54, 1.807) is 0 Å². The number of benzene rings is 9. The first-order chi connectivity index (χ1) is 32.6. The molecule has 0 N–H and O–H groups in total. The van der Waals surface area contributed by atoms with E-state index in [-0.39, 0.29) is 12.0 Å². The van der Waals surface area contributed by atoms with Gasteiger partial charge in [0.2, 0.25) is 0 Å². The fourth-order valence-electron chi connectivity index (χ4n) is 11.2. The SMILES string of the molecule is CCC1/C(c2ccccc2)=C(\C)CC/C(c2cc(-c3ccc(-c4cccc5oc6ccccc6c45)c4oc5ccccc5c34)c3ccccc3c2)=N\C1c1ccc2oc3ccccc3c2c1. The summed E-state index contributed by atoms with van der Waals surface area (Å²) >= 11 is 0. The van der Waals surface area contributed by atoms with E-state index in [2.05, 4.69) is 184 Å². The minimum absolute atomic E-state index is 0.131. The number of allylic oxidation sites excluding steroid dienone is 1. The van der Waals surface area contributed by atoms with Crippen molar-refractivity contribution in [2.45, 2.75) is 39.2 Å². The second kappa shape index (κ2) is 15.4. The lowest BCUT2D eigenvalue weighted by Crippen LogP contribution is -2.19. The van der Waals surface area contributed by atoms with Crippen LogP contribution in [-0.4, -0.2) is 5.71 Å². The van der Waals surface area contributed by atoms with Crippen LogP contribution in [-0.2, 0) is 0 Å². The highest BCUT2D eigenvalue weighted by Gasteiger charge is 2.31. The Hall–Kier alpha value is -7.95. The molecule has 0 bridgehead atoms. The van der Waals surface area contributed by atoms with E-state index < -0.39 is 0 Å². The second-order valence-electron chi connectivity index (χ2n) is 17.9. The summed E-state index contributed by atoms with van der Waals surface area (Å²) in [6.45, 7) is 4.67. The Kier molecular flexibility index (Phi) is 8.96. The molecule has 0 saturated carbocycles. The maximum Gasteiger partial charge on any atom is 0.143 e. The molecule has 2 unspecified atom stereocenters. The number of para-hydroxylation sites is 3. The highest BCUT2D eigenvalue weighted by atomic mass is 16.3.